The lowest BCUT2D eigenvalue weighted by atomic mass is 9.94. The topological polar surface area (TPSA) is 65.0 Å². The van der Waals surface area contributed by atoms with Crippen molar-refractivity contribution in [1.82, 2.24) is 0 Å². The number of carboxylic acids is 1. The molecular weight excluding hydrogens is 424 g/mol. The van der Waals surface area contributed by atoms with Gasteiger partial charge in [0.1, 0.15) is 17.2 Å². The number of rotatable bonds is 12. The molecule has 1 heterocycles. The van der Waals surface area contributed by atoms with Crippen LogP contribution >= 0.6 is 11.3 Å². The maximum absolute atomic E-state index is 10.7. The minimum atomic E-state index is -0.988. The lowest BCUT2D eigenvalue weighted by Crippen LogP contribution is -2.10. The largest absolute Gasteiger partial charge is 0.497 e. The van der Waals surface area contributed by atoms with E-state index in [0.717, 1.165) is 29.9 Å². The van der Waals surface area contributed by atoms with Crippen molar-refractivity contribution >= 4 is 27.4 Å². The van der Waals surface area contributed by atoms with E-state index in [2.05, 4.69) is 26.0 Å². The van der Waals surface area contributed by atoms with Gasteiger partial charge < -0.3 is 19.3 Å². The fourth-order valence-electron chi connectivity index (χ4n) is 3.93. The van der Waals surface area contributed by atoms with Crippen LogP contribution in [0.1, 0.15) is 54.5 Å². The molecule has 32 heavy (non-hydrogen) atoms. The molecule has 172 valence electrons. The highest BCUT2D eigenvalue weighted by Gasteiger charge is 2.19. The molecule has 1 aromatic heterocycles. The minimum Gasteiger partial charge on any atom is -0.497 e. The number of hydrogen-bond acceptors (Lipinski definition) is 5. The molecule has 1 atom stereocenters. The molecule has 5 nitrogen and oxygen atoms in total. The Labute approximate surface area is 193 Å². The lowest BCUT2D eigenvalue weighted by molar-refractivity contribution is -0.139. The highest BCUT2D eigenvalue weighted by atomic mass is 32.1. The quantitative estimate of drug-likeness (QED) is 0.327. The molecule has 0 fully saturated rings. The van der Waals surface area contributed by atoms with E-state index in [1.54, 1.807) is 13.2 Å². The Morgan fingerprint density at radius 1 is 1.06 bits per heavy atom. The van der Waals surface area contributed by atoms with E-state index in [-0.39, 0.29) is 6.61 Å². The molecule has 3 rings (SSSR count). The molecule has 6 heteroatoms. The molecule has 0 amide bonds. The number of thiophene rings is 1. The van der Waals surface area contributed by atoms with E-state index in [1.165, 1.54) is 33.4 Å². The van der Waals surface area contributed by atoms with E-state index in [1.807, 2.05) is 36.5 Å². The van der Waals surface area contributed by atoms with Crippen molar-refractivity contribution in [3.8, 4) is 17.2 Å². The molecule has 0 spiro atoms. The van der Waals surface area contributed by atoms with Crippen molar-refractivity contribution in [2.24, 2.45) is 0 Å². The van der Waals surface area contributed by atoms with Gasteiger partial charge in [0.15, 0.2) is 6.61 Å². The number of carbonyl (C=O) groups is 1. The van der Waals surface area contributed by atoms with Crippen molar-refractivity contribution in [3.05, 3.63) is 52.4 Å². The first kappa shape index (κ1) is 23.9. The Morgan fingerprint density at radius 2 is 1.84 bits per heavy atom. The fraction of sp³-hybridized carbons (Fsp3) is 0.423. The number of methoxy groups -OCH3 is 1. The number of hydrogen-bond donors (Lipinski definition) is 1. The summed E-state index contributed by atoms with van der Waals surface area (Å²) >= 11 is 1.87. The SMILES string of the molecule is CCCCC(CCOc1ccc(OCC(=O)O)c(C)c1)c1sc2cc(OC)ccc2c1C. The Bertz CT molecular complexity index is 1060. The van der Waals surface area contributed by atoms with E-state index < -0.39 is 5.97 Å². The van der Waals surface area contributed by atoms with Crippen LogP contribution in [0.25, 0.3) is 10.1 Å². The first-order valence-corrected chi connectivity index (χ1v) is 11.9. The van der Waals surface area contributed by atoms with E-state index >= 15 is 0 Å². The van der Waals surface area contributed by atoms with Crippen molar-refractivity contribution < 1.29 is 24.1 Å². The number of ether oxygens (including phenoxy) is 3. The summed E-state index contributed by atoms with van der Waals surface area (Å²) in [4.78, 5) is 12.1. The zero-order valence-electron chi connectivity index (χ0n) is 19.3. The Hall–Kier alpha value is -2.73. The summed E-state index contributed by atoms with van der Waals surface area (Å²) in [5.41, 5.74) is 2.23. The van der Waals surface area contributed by atoms with Crippen LogP contribution in [0.5, 0.6) is 17.2 Å². The van der Waals surface area contributed by atoms with Gasteiger partial charge >= 0.3 is 5.97 Å². The molecular formula is C26H32O5S. The molecule has 2 aromatic carbocycles. The third-order valence-corrected chi connectivity index (χ3v) is 7.11. The van der Waals surface area contributed by atoms with E-state index in [0.29, 0.717) is 18.3 Å². The van der Waals surface area contributed by atoms with Crippen LogP contribution in [-0.4, -0.2) is 31.4 Å². The minimum absolute atomic E-state index is 0.347. The standard InChI is InChI=1S/C26H32O5S/c1-5-6-7-19(26-18(3)22-10-8-20(29-4)15-24(22)32-26)12-13-30-21-9-11-23(17(2)14-21)31-16-25(27)28/h8-11,14-15,19H,5-7,12-13,16H2,1-4H3,(H,27,28). The Balaban J connectivity index is 1.69. The summed E-state index contributed by atoms with van der Waals surface area (Å²) in [6.45, 7) is 6.62. The normalized spacial score (nSPS) is 12.0. The first-order valence-electron chi connectivity index (χ1n) is 11.1. The summed E-state index contributed by atoms with van der Waals surface area (Å²) in [5.74, 6) is 1.70. The van der Waals surface area contributed by atoms with Crippen LogP contribution in [0.3, 0.4) is 0 Å². The average molecular weight is 457 g/mol. The monoisotopic (exact) mass is 456 g/mol. The van der Waals surface area contributed by atoms with Crippen LogP contribution in [0, 0.1) is 13.8 Å². The first-order chi connectivity index (χ1) is 15.4. The van der Waals surface area contributed by atoms with E-state index in [9.17, 15) is 4.79 Å². The second-order valence-electron chi connectivity index (χ2n) is 8.04. The van der Waals surface area contributed by atoms with Gasteiger partial charge in [-0.25, -0.2) is 4.79 Å². The third kappa shape index (κ3) is 5.94. The highest BCUT2D eigenvalue weighted by Crippen LogP contribution is 2.40. The number of aryl methyl sites for hydroxylation is 2. The van der Waals surface area contributed by atoms with Crippen molar-refractivity contribution in [2.45, 2.75) is 52.4 Å². The number of benzene rings is 2. The molecule has 3 aromatic rings. The predicted octanol–water partition coefficient (Wildman–Crippen LogP) is 6.73. The van der Waals surface area contributed by atoms with Gasteiger partial charge in [0.2, 0.25) is 0 Å². The van der Waals surface area contributed by atoms with Crippen LogP contribution in [0.15, 0.2) is 36.4 Å². The lowest BCUT2D eigenvalue weighted by Gasteiger charge is -2.17. The van der Waals surface area contributed by atoms with Crippen molar-refractivity contribution in [1.29, 1.82) is 0 Å². The number of carboxylic acid groups (broad SMARTS) is 1. The van der Waals surface area contributed by atoms with Gasteiger partial charge in [-0.3, -0.25) is 0 Å². The van der Waals surface area contributed by atoms with Crippen LogP contribution in [-0.2, 0) is 4.79 Å². The maximum Gasteiger partial charge on any atom is 0.341 e. The summed E-state index contributed by atoms with van der Waals surface area (Å²) in [5, 5.41) is 10.1. The summed E-state index contributed by atoms with van der Waals surface area (Å²) in [6.07, 6.45) is 4.45. The van der Waals surface area contributed by atoms with Gasteiger partial charge in [0.05, 0.1) is 13.7 Å². The van der Waals surface area contributed by atoms with Gasteiger partial charge in [-0.05, 0) is 85.5 Å². The second-order valence-corrected chi connectivity index (χ2v) is 9.12. The molecule has 0 saturated heterocycles. The summed E-state index contributed by atoms with van der Waals surface area (Å²) < 4.78 is 18.0. The van der Waals surface area contributed by atoms with Gasteiger partial charge in [0.25, 0.3) is 0 Å². The maximum atomic E-state index is 10.7. The Kier molecular flexibility index (Phi) is 8.39. The number of unbranched alkanes of at least 4 members (excludes halogenated alkanes) is 1. The molecule has 0 bridgehead atoms. The number of aliphatic carboxylic acids is 1. The highest BCUT2D eigenvalue weighted by molar-refractivity contribution is 7.19. The van der Waals surface area contributed by atoms with Crippen LogP contribution in [0.2, 0.25) is 0 Å². The fourth-order valence-corrected chi connectivity index (χ4v) is 5.34. The van der Waals surface area contributed by atoms with Gasteiger partial charge in [-0.1, -0.05) is 19.8 Å². The molecule has 0 aliphatic rings. The van der Waals surface area contributed by atoms with Gasteiger partial charge in [-0.15, -0.1) is 11.3 Å². The van der Waals surface area contributed by atoms with Gasteiger partial charge in [0, 0.05) is 9.58 Å². The molecule has 0 saturated carbocycles. The number of fused-ring (bicyclic) bond motifs is 1. The van der Waals surface area contributed by atoms with E-state index in [4.69, 9.17) is 19.3 Å². The van der Waals surface area contributed by atoms with Crippen molar-refractivity contribution in [3.63, 3.8) is 0 Å². The second kappa shape index (κ2) is 11.2. The van der Waals surface area contributed by atoms with Crippen LogP contribution < -0.4 is 14.2 Å². The van der Waals surface area contributed by atoms with Gasteiger partial charge in [-0.2, -0.15) is 0 Å². The summed E-state index contributed by atoms with van der Waals surface area (Å²) in [6, 6.07) is 11.8. The van der Waals surface area contributed by atoms with Crippen molar-refractivity contribution in [2.75, 3.05) is 20.3 Å². The van der Waals surface area contributed by atoms with Crippen LogP contribution in [0.4, 0.5) is 0 Å². The summed E-state index contributed by atoms with van der Waals surface area (Å²) in [7, 11) is 1.70. The molecule has 1 unspecified atom stereocenters. The zero-order valence-corrected chi connectivity index (χ0v) is 20.1. The Morgan fingerprint density at radius 3 is 2.53 bits per heavy atom. The average Bonchev–Trinajstić information content (AvgIpc) is 3.10. The third-order valence-electron chi connectivity index (χ3n) is 5.69. The molecule has 0 aliphatic carbocycles. The molecule has 0 radical (unpaired) electrons. The molecule has 1 N–H and O–H groups in total. The smallest absolute Gasteiger partial charge is 0.341 e. The zero-order chi connectivity index (χ0) is 23.1. The molecule has 0 aliphatic heterocycles. The predicted molar refractivity (Wildman–Crippen MR) is 130 cm³/mol.